The number of hydrogen-bond acceptors (Lipinski definition) is 4. The van der Waals surface area contributed by atoms with E-state index in [1.807, 2.05) is 13.1 Å². The SMILES string of the molecule is Cn1nccc1CNC(=O)c1cc(N)nc(Cl)c1. The van der Waals surface area contributed by atoms with E-state index in [4.69, 9.17) is 17.3 Å². The molecule has 0 aliphatic heterocycles. The normalized spacial score (nSPS) is 10.3. The quantitative estimate of drug-likeness (QED) is 0.810. The van der Waals surface area contributed by atoms with Gasteiger partial charge in [-0.05, 0) is 18.2 Å². The largest absolute Gasteiger partial charge is 0.384 e. The Kier molecular flexibility index (Phi) is 3.47. The van der Waals surface area contributed by atoms with Gasteiger partial charge in [0.2, 0.25) is 0 Å². The van der Waals surface area contributed by atoms with Crippen molar-refractivity contribution in [2.45, 2.75) is 6.54 Å². The molecule has 2 aromatic rings. The lowest BCUT2D eigenvalue weighted by molar-refractivity contribution is 0.0950. The molecule has 0 aliphatic rings. The number of rotatable bonds is 3. The van der Waals surface area contributed by atoms with Gasteiger partial charge in [0.1, 0.15) is 11.0 Å². The number of nitrogens with two attached hydrogens (primary N) is 1. The smallest absolute Gasteiger partial charge is 0.251 e. The van der Waals surface area contributed by atoms with Crippen molar-refractivity contribution >= 4 is 23.3 Å². The topological polar surface area (TPSA) is 85.8 Å². The zero-order valence-corrected chi connectivity index (χ0v) is 10.5. The van der Waals surface area contributed by atoms with E-state index in [1.54, 1.807) is 10.9 Å². The summed E-state index contributed by atoms with van der Waals surface area (Å²) in [6.07, 6.45) is 1.67. The summed E-state index contributed by atoms with van der Waals surface area (Å²) in [6, 6.07) is 4.77. The third-order valence-electron chi connectivity index (χ3n) is 2.43. The molecular formula is C11H12ClN5O. The molecule has 18 heavy (non-hydrogen) atoms. The molecule has 0 fully saturated rings. The van der Waals surface area contributed by atoms with Crippen LogP contribution in [0.15, 0.2) is 24.4 Å². The van der Waals surface area contributed by atoms with Crippen LogP contribution in [-0.2, 0) is 13.6 Å². The van der Waals surface area contributed by atoms with E-state index >= 15 is 0 Å². The molecule has 0 atom stereocenters. The molecule has 0 bridgehead atoms. The average molecular weight is 266 g/mol. The Hall–Kier alpha value is -2.08. The highest BCUT2D eigenvalue weighted by molar-refractivity contribution is 6.29. The molecule has 2 heterocycles. The minimum atomic E-state index is -0.257. The van der Waals surface area contributed by atoms with E-state index in [9.17, 15) is 4.79 Å². The van der Waals surface area contributed by atoms with Crippen molar-refractivity contribution in [1.82, 2.24) is 20.1 Å². The maximum atomic E-state index is 11.9. The lowest BCUT2D eigenvalue weighted by atomic mass is 10.2. The highest BCUT2D eigenvalue weighted by Gasteiger charge is 2.09. The predicted octanol–water partition coefficient (Wildman–Crippen LogP) is 0.981. The van der Waals surface area contributed by atoms with Gasteiger partial charge in [-0.2, -0.15) is 5.10 Å². The molecule has 7 heteroatoms. The zero-order chi connectivity index (χ0) is 13.1. The molecule has 0 saturated heterocycles. The first-order valence-corrected chi connectivity index (χ1v) is 5.62. The van der Waals surface area contributed by atoms with Gasteiger partial charge in [-0.25, -0.2) is 4.98 Å². The van der Waals surface area contributed by atoms with Crippen LogP contribution < -0.4 is 11.1 Å². The van der Waals surface area contributed by atoms with Crippen LogP contribution in [0.3, 0.4) is 0 Å². The number of halogens is 1. The van der Waals surface area contributed by atoms with Crippen molar-refractivity contribution in [3.63, 3.8) is 0 Å². The Morgan fingerprint density at radius 3 is 2.94 bits per heavy atom. The summed E-state index contributed by atoms with van der Waals surface area (Å²) in [6.45, 7) is 0.384. The summed E-state index contributed by atoms with van der Waals surface area (Å²) in [4.78, 5) is 15.7. The molecule has 0 radical (unpaired) electrons. The lowest BCUT2D eigenvalue weighted by Gasteiger charge is -2.06. The highest BCUT2D eigenvalue weighted by Crippen LogP contribution is 2.12. The molecule has 0 aliphatic carbocycles. The molecule has 0 spiro atoms. The monoisotopic (exact) mass is 265 g/mol. The standard InChI is InChI=1S/C11H12ClN5O/c1-17-8(2-3-15-17)6-14-11(18)7-4-9(12)16-10(13)5-7/h2-5H,6H2,1H3,(H2,13,16)(H,14,18). The number of nitrogens with zero attached hydrogens (tertiary/aromatic N) is 3. The van der Waals surface area contributed by atoms with Crippen LogP contribution in [0.2, 0.25) is 5.15 Å². The fourth-order valence-corrected chi connectivity index (χ4v) is 1.71. The van der Waals surface area contributed by atoms with Gasteiger partial charge in [0.25, 0.3) is 5.91 Å². The summed E-state index contributed by atoms with van der Waals surface area (Å²) in [5.74, 6) is -0.0413. The first-order chi connectivity index (χ1) is 8.56. The third kappa shape index (κ3) is 2.78. The summed E-state index contributed by atoms with van der Waals surface area (Å²) < 4.78 is 1.69. The molecule has 2 rings (SSSR count). The molecule has 0 saturated carbocycles. The first-order valence-electron chi connectivity index (χ1n) is 5.24. The van der Waals surface area contributed by atoms with E-state index in [-0.39, 0.29) is 16.9 Å². The van der Waals surface area contributed by atoms with Gasteiger partial charge in [-0.1, -0.05) is 11.6 Å². The summed E-state index contributed by atoms with van der Waals surface area (Å²) in [5, 5.41) is 6.96. The number of aryl methyl sites for hydroxylation is 1. The number of aromatic nitrogens is 3. The average Bonchev–Trinajstić information content (AvgIpc) is 2.70. The minimum Gasteiger partial charge on any atom is -0.384 e. The molecule has 0 aromatic carbocycles. The van der Waals surface area contributed by atoms with Gasteiger partial charge in [-0.15, -0.1) is 0 Å². The second kappa shape index (κ2) is 5.05. The van der Waals surface area contributed by atoms with E-state index in [0.717, 1.165) is 5.69 Å². The number of hydrogen-bond donors (Lipinski definition) is 2. The summed E-state index contributed by atoms with van der Waals surface area (Å²) >= 11 is 5.73. The van der Waals surface area contributed by atoms with Crippen molar-refractivity contribution in [2.24, 2.45) is 7.05 Å². The number of carbonyl (C=O) groups excluding carboxylic acids is 1. The Balaban J connectivity index is 2.06. The molecular weight excluding hydrogens is 254 g/mol. The Labute approximate surface area is 109 Å². The van der Waals surface area contributed by atoms with Crippen LogP contribution >= 0.6 is 11.6 Å². The molecule has 6 nitrogen and oxygen atoms in total. The number of nitrogens with one attached hydrogen (secondary N) is 1. The highest BCUT2D eigenvalue weighted by atomic mass is 35.5. The van der Waals surface area contributed by atoms with Crippen molar-refractivity contribution in [3.05, 3.63) is 40.8 Å². The summed E-state index contributed by atoms with van der Waals surface area (Å²) in [7, 11) is 1.81. The third-order valence-corrected chi connectivity index (χ3v) is 2.62. The Morgan fingerprint density at radius 1 is 1.56 bits per heavy atom. The van der Waals surface area contributed by atoms with Crippen molar-refractivity contribution in [3.8, 4) is 0 Å². The Bertz CT molecular complexity index is 560. The van der Waals surface area contributed by atoms with Crippen LogP contribution in [0.4, 0.5) is 5.82 Å². The van der Waals surface area contributed by atoms with Gasteiger partial charge in [0, 0.05) is 18.8 Å². The van der Waals surface area contributed by atoms with Crippen molar-refractivity contribution in [1.29, 1.82) is 0 Å². The van der Waals surface area contributed by atoms with Crippen LogP contribution in [0.25, 0.3) is 0 Å². The van der Waals surface area contributed by atoms with Crippen molar-refractivity contribution in [2.75, 3.05) is 5.73 Å². The number of anilines is 1. The van der Waals surface area contributed by atoms with Crippen LogP contribution in [0.5, 0.6) is 0 Å². The summed E-state index contributed by atoms with van der Waals surface area (Å²) in [5.41, 5.74) is 6.81. The van der Waals surface area contributed by atoms with Crippen LogP contribution in [0, 0.1) is 0 Å². The number of nitrogen functional groups attached to an aromatic ring is 1. The van der Waals surface area contributed by atoms with Crippen molar-refractivity contribution < 1.29 is 4.79 Å². The fourth-order valence-electron chi connectivity index (χ4n) is 1.50. The van der Waals surface area contributed by atoms with Gasteiger partial charge in [-0.3, -0.25) is 9.48 Å². The second-order valence-corrected chi connectivity index (χ2v) is 4.12. The predicted molar refractivity (Wildman–Crippen MR) is 68.0 cm³/mol. The lowest BCUT2D eigenvalue weighted by Crippen LogP contribution is -2.24. The maximum absolute atomic E-state index is 11.9. The van der Waals surface area contributed by atoms with E-state index in [2.05, 4.69) is 15.4 Å². The van der Waals surface area contributed by atoms with E-state index < -0.39 is 0 Å². The van der Waals surface area contributed by atoms with Crippen LogP contribution in [-0.4, -0.2) is 20.7 Å². The molecule has 1 amide bonds. The van der Waals surface area contributed by atoms with Gasteiger partial charge in [0.05, 0.1) is 12.2 Å². The molecule has 94 valence electrons. The van der Waals surface area contributed by atoms with E-state index in [1.165, 1.54) is 12.1 Å². The van der Waals surface area contributed by atoms with Crippen LogP contribution in [0.1, 0.15) is 16.1 Å². The second-order valence-electron chi connectivity index (χ2n) is 3.73. The Morgan fingerprint density at radius 2 is 2.33 bits per heavy atom. The number of pyridine rings is 1. The number of amides is 1. The van der Waals surface area contributed by atoms with Gasteiger partial charge >= 0.3 is 0 Å². The molecule has 2 aromatic heterocycles. The molecule has 0 unspecified atom stereocenters. The molecule has 3 N–H and O–H groups in total. The maximum Gasteiger partial charge on any atom is 0.251 e. The minimum absolute atomic E-state index is 0.195. The van der Waals surface area contributed by atoms with E-state index in [0.29, 0.717) is 12.1 Å². The van der Waals surface area contributed by atoms with Gasteiger partial charge in [0.15, 0.2) is 0 Å². The fraction of sp³-hybridized carbons (Fsp3) is 0.182. The number of carbonyl (C=O) groups is 1. The first kappa shape index (κ1) is 12.4. The zero-order valence-electron chi connectivity index (χ0n) is 9.72. The van der Waals surface area contributed by atoms with Gasteiger partial charge < -0.3 is 11.1 Å².